The molecule has 0 saturated carbocycles. The Kier molecular flexibility index (Phi) is 8.86. The number of methoxy groups -OCH3 is 3. The fourth-order valence-corrected chi connectivity index (χ4v) is 2.15. The van der Waals surface area contributed by atoms with Gasteiger partial charge in [-0.2, -0.15) is 13.9 Å². The van der Waals surface area contributed by atoms with Gasteiger partial charge in [0.1, 0.15) is 0 Å². The molecular formula is C15H21F2N3O4S. The third-order valence-corrected chi connectivity index (χ3v) is 3.07. The second-order valence-corrected chi connectivity index (χ2v) is 5.24. The first kappa shape index (κ1) is 20.8. The molecule has 7 nitrogen and oxygen atoms in total. The zero-order chi connectivity index (χ0) is 18.8. The van der Waals surface area contributed by atoms with Gasteiger partial charge in [0.25, 0.3) is 0 Å². The van der Waals surface area contributed by atoms with Gasteiger partial charge < -0.3 is 24.3 Å². The number of nitrogens with zero attached hydrogens (tertiary/aromatic N) is 1. The summed E-state index contributed by atoms with van der Waals surface area (Å²) < 4.78 is 44.6. The van der Waals surface area contributed by atoms with Crippen LogP contribution in [0.4, 0.5) is 8.78 Å². The normalized spacial score (nSPS) is 12.1. The molecule has 1 aromatic carbocycles. The molecule has 0 bridgehead atoms. The predicted molar refractivity (Wildman–Crippen MR) is 94.0 cm³/mol. The number of rotatable bonds is 9. The second-order valence-electron chi connectivity index (χ2n) is 4.83. The van der Waals surface area contributed by atoms with E-state index in [4.69, 9.17) is 26.4 Å². The minimum atomic E-state index is -3.00. The van der Waals surface area contributed by atoms with Gasteiger partial charge in [0.2, 0.25) is 5.75 Å². The lowest BCUT2D eigenvalue weighted by Gasteiger charge is -2.15. The van der Waals surface area contributed by atoms with E-state index in [1.165, 1.54) is 32.6 Å². The van der Waals surface area contributed by atoms with Crippen molar-refractivity contribution < 1.29 is 27.7 Å². The van der Waals surface area contributed by atoms with Gasteiger partial charge in [-0.3, -0.25) is 5.43 Å². The Morgan fingerprint density at radius 1 is 1.24 bits per heavy atom. The maximum Gasteiger partial charge on any atom is 0.387 e. The number of benzene rings is 1. The summed E-state index contributed by atoms with van der Waals surface area (Å²) in [6, 6.07) is 2.98. The quantitative estimate of drug-likeness (QED) is 0.388. The van der Waals surface area contributed by atoms with Crippen LogP contribution in [0.1, 0.15) is 12.5 Å². The molecule has 0 aromatic heterocycles. The number of alkyl halides is 2. The van der Waals surface area contributed by atoms with Gasteiger partial charge in [-0.15, -0.1) is 0 Å². The molecule has 140 valence electrons. The molecular weight excluding hydrogens is 356 g/mol. The lowest BCUT2D eigenvalue weighted by Crippen LogP contribution is -2.40. The molecule has 2 N–H and O–H groups in total. The standard InChI is InChI=1S/C15H21F2N3O4S/c1-9(8-21-2)19-15(25)20-18-7-10-5-11(22-3)13(24-14(16)17)12(6-10)23-4/h5-7,9,14H,8H2,1-4H3,(H2,19,20,25)/b18-7-/t9-/m1/s1. The molecule has 1 rings (SSSR count). The molecule has 0 saturated heterocycles. The molecule has 0 radical (unpaired) electrons. The van der Waals surface area contributed by atoms with E-state index >= 15 is 0 Å². The van der Waals surface area contributed by atoms with Gasteiger partial charge >= 0.3 is 6.61 Å². The summed E-state index contributed by atoms with van der Waals surface area (Å²) in [4.78, 5) is 0. The van der Waals surface area contributed by atoms with Gasteiger partial charge in [-0.1, -0.05) is 0 Å². The topological polar surface area (TPSA) is 73.3 Å². The van der Waals surface area contributed by atoms with Crippen LogP contribution in [0.3, 0.4) is 0 Å². The highest BCUT2D eigenvalue weighted by molar-refractivity contribution is 7.80. The van der Waals surface area contributed by atoms with Crippen molar-refractivity contribution in [2.75, 3.05) is 27.9 Å². The summed E-state index contributed by atoms with van der Waals surface area (Å²) in [6.45, 7) is -0.606. The van der Waals surface area contributed by atoms with Crippen LogP contribution < -0.4 is 25.0 Å². The molecule has 25 heavy (non-hydrogen) atoms. The fourth-order valence-electron chi connectivity index (χ4n) is 1.89. The molecule has 0 heterocycles. The average molecular weight is 377 g/mol. The van der Waals surface area contributed by atoms with Crippen molar-refractivity contribution in [2.24, 2.45) is 5.10 Å². The van der Waals surface area contributed by atoms with Gasteiger partial charge in [-0.05, 0) is 31.3 Å². The van der Waals surface area contributed by atoms with Crippen LogP contribution in [-0.4, -0.2) is 51.9 Å². The van der Waals surface area contributed by atoms with Gasteiger partial charge in [0.05, 0.1) is 27.0 Å². The predicted octanol–water partition coefficient (Wildman–Crippen LogP) is 2.14. The Balaban J connectivity index is 2.83. The third-order valence-electron chi connectivity index (χ3n) is 2.86. The van der Waals surface area contributed by atoms with E-state index in [1.807, 2.05) is 6.92 Å². The molecule has 0 aliphatic carbocycles. The van der Waals surface area contributed by atoms with E-state index in [2.05, 4.69) is 20.6 Å². The summed E-state index contributed by atoms with van der Waals surface area (Å²) in [6.07, 6.45) is 1.44. The first-order valence-electron chi connectivity index (χ1n) is 7.20. The molecule has 0 spiro atoms. The van der Waals surface area contributed by atoms with E-state index in [-0.39, 0.29) is 23.3 Å². The molecule has 0 fully saturated rings. The first-order chi connectivity index (χ1) is 11.9. The summed E-state index contributed by atoms with van der Waals surface area (Å²) in [5, 5.41) is 7.27. The summed E-state index contributed by atoms with van der Waals surface area (Å²) in [5.41, 5.74) is 3.18. The fraction of sp³-hybridized carbons (Fsp3) is 0.467. The summed E-state index contributed by atoms with van der Waals surface area (Å²) >= 11 is 5.08. The second kappa shape index (κ2) is 10.6. The van der Waals surface area contributed by atoms with Crippen LogP contribution in [0, 0.1) is 0 Å². The molecule has 0 aliphatic rings. The number of halogens is 2. The molecule has 10 heteroatoms. The summed E-state index contributed by atoms with van der Waals surface area (Å²) in [7, 11) is 4.26. The zero-order valence-electron chi connectivity index (χ0n) is 14.3. The van der Waals surface area contributed by atoms with Crippen molar-refractivity contribution in [3.8, 4) is 17.2 Å². The van der Waals surface area contributed by atoms with Crippen LogP contribution in [-0.2, 0) is 4.74 Å². The van der Waals surface area contributed by atoms with Crippen molar-refractivity contribution in [3.05, 3.63) is 17.7 Å². The average Bonchev–Trinajstić information content (AvgIpc) is 2.55. The minimum absolute atomic E-state index is 0.0196. The van der Waals surface area contributed by atoms with Crippen LogP contribution in [0.15, 0.2) is 17.2 Å². The first-order valence-corrected chi connectivity index (χ1v) is 7.61. The van der Waals surface area contributed by atoms with Gasteiger partial charge in [0, 0.05) is 18.7 Å². The van der Waals surface area contributed by atoms with Crippen LogP contribution in [0.25, 0.3) is 0 Å². The number of ether oxygens (including phenoxy) is 4. The molecule has 0 amide bonds. The van der Waals surface area contributed by atoms with Crippen molar-refractivity contribution in [3.63, 3.8) is 0 Å². The number of hydrazone groups is 1. The van der Waals surface area contributed by atoms with E-state index in [1.54, 1.807) is 7.11 Å². The maximum absolute atomic E-state index is 12.5. The van der Waals surface area contributed by atoms with Crippen molar-refractivity contribution >= 4 is 23.5 Å². The van der Waals surface area contributed by atoms with E-state index in [0.29, 0.717) is 17.3 Å². The largest absolute Gasteiger partial charge is 0.493 e. The van der Waals surface area contributed by atoms with Crippen molar-refractivity contribution in [1.29, 1.82) is 0 Å². The van der Waals surface area contributed by atoms with Crippen LogP contribution in [0.5, 0.6) is 17.2 Å². The number of hydrogen-bond donors (Lipinski definition) is 2. The molecule has 1 aromatic rings. The van der Waals surface area contributed by atoms with Crippen LogP contribution in [0.2, 0.25) is 0 Å². The monoisotopic (exact) mass is 377 g/mol. The Bertz CT molecular complexity index is 577. The third kappa shape index (κ3) is 7.06. The van der Waals surface area contributed by atoms with E-state index in [0.717, 1.165) is 0 Å². The minimum Gasteiger partial charge on any atom is -0.493 e. The van der Waals surface area contributed by atoms with Gasteiger partial charge in [-0.25, -0.2) is 0 Å². The highest BCUT2D eigenvalue weighted by atomic mass is 32.1. The van der Waals surface area contributed by atoms with E-state index in [9.17, 15) is 8.78 Å². The van der Waals surface area contributed by atoms with Crippen molar-refractivity contribution in [1.82, 2.24) is 10.7 Å². The van der Waals surface area contributed by atoms with Crippen molar-refractivity contribution in [2.45, 2.75) is 19.6 Å². The van der Waals surface area contributed by atoms with E-state index < -0.39 is 6.61 Å². The Morgan fingerprint density at radius 3 is 2.32 bits per heavy atom. The molecule has 0 aliphatic heterocycles. The zero-order valence-corrected chi connectivity index (χ0v) is 15.2. The highest BCUT2D eigenvalue weighted by Gasteiger charge is 2.17. The highest BCUT2D eigenvalue weighted by Crippen LogP contribution is 2.39. The smallest absolute Gasteiger partial charge is 0.387 e. The summed E-state index contributed by atoms with van der Waals surface area (Å²) in [5.74, 6) is 0.00160. The lowest BCUT2D eigenvalue weighted by atomic mass is 10.2. The number of nitrogens with one attached hydrogen (secondary N) is 2. The Morgan fingerprint density at radius 2 is 1.84 bits per heavy atom. The molecule has 1 atom stereocenters. The molecule has 0 unspecified atom stereocenters. The SMILES string of the molecule is COC[C@@H](C)NC(=S)N/N=C\c1cc(OC)c(OC(F)F)c(OC)c1. The Labute approximate surface area is 150 Å². The lowest BCUT2D eigenvalue weighted by molar-refractivity contribution is -0.0526. The maximum atomic E-state index is 12.5. The number of hydrogen-bond acceptors (Lipinski definition) is 6. The van der Waals surface area contributed by atoms with Gasteiger partial charge in [0.15, 0.2) is 16.6 Å². The number of thiocarbonyl (C=S) groups is 1. The van der Waals surface area contributed by atoms with Crippen LogP contribution >= 0.6 is 12.2 Å². The Hall–Kier alpha value is -2.20.